The van der Waals surface area contributed by atoms with E-state index in [1.807, 2.05) is 11.3 Å². The molecule has 1 aromatic rings. The molecule has 1 heterocycles. The average Bonchev–Trinajstić information content (AvgIpc) is 2.98. The molecule has 0 saturated heterocycles. The van der Waals surface area contributed by atoms with Crippen LogP contribution in [0.3, 0.4) is 0 Å². The van der Waals surface area contributed by atoms with Crippen molar-refractivity contribution >= 4 is 17.2 Å². The summed E-state index contributed by atoms with van der Waals surface area (Å²) in [5.74, 6) is 0.0885. The predicted octanol–water partition coefficient (Wildman–Crippen LogP) is 3.11. The van der Waals surface area contributed by atoms with Gasteiger partial charge in [-0.1, -0.05) is 12.8 Å². The van der Waals surface area contributed by atoms with Gasteiger partial charge in [-0.05, 0) is 51.2 Å². The number of hydrogen-bond acceptors (Lipinski definition) is 3. The summed E-state index contributed by atoms with van der Waals surface area (Å²) < 4.78 is 0. The maximum atomic E-state index is 12.0. The Balaban J connectivity index is 1.76. The van der Waals surface area contributed by atoms with Crippen LogP contribution in [-0.4, -0.2) is 23.2 Å². The lowest BCUT2D eigenvalue weighted by molar-refractivity contribution is -0.123. The summed E-state index contributed by atoms with van der Waals surface area (Å²) in [4.78, 5) is 14.7. The van der Waals surface area contributed by atoms with Crippen molar-refractivity contribution in [3.63, 3.8) is 0 Å². The molecular weight excluding hydrogens is 270 g/mol. The molecule has 1 aromatic heterocycles. The first-order valence-electron chi connectivity index (χ1n) is 7.52. The molecule has 1 aliphatic carbocycles. The van der Waals surface area contributed by atoms with Crippen molar-refractivity contribution in [1.82, 2.24) is 5.32 Å². The number of hydrogen-bond donors (Lipinski definition) is 2. The highest BCUT2D eigenvalue weighted by Crippen LogP contribution is 2.29. The van der Waals surface area contributed by atoms with E-state index in [9.17, 15) is 9.90 Å². The number of carbonyl (C=O) groups is 1. The number of aryl methyl sites for hydroxylation is 3. The van der Waals surface area contributed by atoms with Crippen LogP contribution in [0.2, 0.25) is 0 Å². The predicted molar refractivity (Wildman–Crippen MR) is 83.2 cm³/mol. The zero-order valence-corrected chi connectivity index (χ0v) is 13.3. The molecule has 1 saturated carbocycles. The Morgan fingerprint density at radius 3 is 2.65 bits per heavy atom. The zero-order valence-electron chi connectivity index (χ0n) is 12.5. The van der Waals surface area contributed by atoms with Crippen LogP contribution in [0, 0.1) is 13.8 Å². The summed E-state index contributed by atoms with van der Waals surface area (Å²) in [5, 5.41) is 12.6. The van der Waals surface area contributed by atoms with Crippen molar-refractivity contribution in [3.05, 3.63) is 21.4 Å². The van der Waals surface area contributed by atoms with E-state index < -0.39 is 0 Å². The SMILES string of the molecule is Cc1cc(CCCC(=O)NC2(CO)CCCC2)c(C)s1. The van der Waals surface area contributed by atoms with Gasteiger partial charge in [0.25, 0.3) is 0 Å². The molecule has 0 bridgehead atoms. The maximum absolute atomic E-state index is 12.0. The van der Waals surface area contributed by atoms with E-state index in [0.717, 1.165) is 38.5 Å². The van der Waals surface area contributed by atoms with E-state index in [1.54, 1.807) is 0 Å². The molecule has 2 rings (SSSR count). The summed E-state index contributed by atoms with van der Waals surface area (Å²) in [5.41, 5.74) is 1.05. The second-order valence-electron chi connectivity index (χ2n) is 5.99. The van der Waals surface area contributed by atoms with Gasteiger partial charge in [0.15, 0.2) is 0 Å². The Bertz CT molecular complexity index is 461. The number of aliphatic hydroxyl groups excluding tert-OH is 1. The fourth-order valence-corrected chi connectivity index (χ4v) is 4.08. The molecule has 0 aliphatic heterocycles. The largest absolute Gasteiger partial charge is 0.394 e. The van der Waals surface area contributed by atoms with Crippen LogP contribution in [0.15, 0.2) is 6.07 Å². The van der Waals surface area contributed by atoms with Gasteiger partial charge in [0.2, 0.25) is 5.91 Å². The smallest absolute Gasteiger partial charge is 0.220 e. The van der Waals surface area contributed by atoms with Crippen LogP contribution in [0.5, 0.6) is 0 Å². The lowest BCUT2D eigenvalue weighted by Crippen LogP contribution is -2.49. The second kappa shape index (κ2) is 6.72. The minimum Gasteiger partial charge on any atom is -0.394 e. The van der Waals surface area contributed by atoms with Gasteiger partial charge < -0.3 is 10.4 Å². The molecule has 4 heteroatoms. The Labute approximate surface area is 125 Å². The molecule has 2 N–H and O–H groups in total. The topological polar surface area (TPSA) is 49.3 Å². The minimum atomic E-state index is -0.327. The third-order valence-electron chi connectivity index (χ3n) is 4.26. The molecular formula is C16H25NO2S. The highest BCUT2D eigenvalue weighted by Gasteiger charge is 2.34. The first-order valence-corrected chi connectivity index (χ1v) is 8.34. The van der Waals surface area contributed by atoms with Gasteiger partial charge in [-0.25, -0.2) is 0 Å². The molecule has 0 aromatic carbocycles. The van der Waals surface area contributed by atoms with E-state index in [2.05, 4.69) is 25.2 Å². The Hall–Kier alpha value is -0.870. The molecule has 0 unspecified atom stereocenters. The number of rotatable bonds is 6. The Morgan fingerprint density at radius 1 is 1.40 bits per heavy atom. The molecule has 20 heavy (non-hydrogen) atoms. The highest BCUT2D eigenvalue weighted by atomic mass is 32.1. The third kappa shape index (κ3) is 3.83. The van der Waals surface area contributed by atoms with Crippen LogP contribution >= 0.6 is 11.3 Å². The monoisotopic (exact) mass is 295 g/mol. The highest BCUT2D eigenvalue weighted by molar-refractivity contribution is 7.12. The van der Waals surface area contributed by atoms with Crippen LogP contribution < -0.4 is 5.32 Å². The summed E-state index contributed by atoms with van der Waals surface area (Å²) in [6.07, 6.45) is 6.44. The van der Waals surface area contributed by atoms with Crippen molar-refractivity contribution in [2.75, 3.05) is 6.61 Å². The van der Waals surface area contributed by atoms with Crippen LogP contribution in [-0.2, 0) is 11.2 Å². The van der Waals surface area contributed by atoms with Crippen LogP contribution in [0.4, 0.5) is 0 Å². The Kier molecular flexibility index (Phi) is 5.22. The van der Waals surface area contributed by atoms with E-state index in [1.165, 1.54) is 15.3 Å². The van der Waals surface area contributed by atoms with Crippen LogP contribution in [0.1, 0.15) is 53.8 Å². The lowest BCUT2D eigenvalue weighted by Gasteiger charge is -2.28. The zero-order chi connectivity index (χ0) is 14.6. The van der Waals surface area contributed by atoms with Gasteiger partial charge in [-0.15, -0.1) is 11.3 Å². The lowest BCUT2D eigenvalue weighted by atomic mass is 9.98. The average molecular weight is 295 g/mol. The molecule has 0 atom stereocenters. The van der Waals surface area contributed by atoms with Crippen LogP contribution in [0.25, 0.3) is 0 Å². The number of carbonyl (C=O) groups excluding carboxylic acids is 1. The van der Waals surface area contributed by atoms with E-state index in [0.29, 0.717) is 6.42 Å². The molecule has 1 amide bonds. The fourth-order valence-electron chi connectivity index (χ4n) is 3.10. The van der Waals surface area contributed by atoms with Crippen molar-refractivity contribution in [2.45, 2.75) is 64.3 Å². The quantitative estimate of drug-likeness (QED) is 0.847. The number of amides is 1. The first kappa shape index (κ1) is 15.5. The van der Waals surface area contributed by atoms with Gasteiger partial charge in [-0.2, -0.15) is 0 Å². The van der Waals surface area contributed by atoms with Gasteiger partial charge in [-0.3, -0.25) is 4.79 Å². The van der Waals surface area contributed by atoms with Gasteiger partial charge in [0.1, 0.15) is 0 Å². The number of aliphatic hydroxyl groups is 1. The Morgan fingerprint density at radius 2 is 2.10 bits per heavy atom. The number of nitrogens with one attached hydrogen (secondary N) is 1. The molecule has 1 aliphatic rings. The molecule has 0 spiro atoms. The van der Waals surface area contributed by atoms with E-state index in [4.69, 9.17) is 0 Å². The summed E-state index contributed by atoms with van der Waals surface area (Å²) >= 11 is 1.82. The summed E-state index contributed by atoms with van der Waals surface area (Å²) in [6, 6.07) is 2.23. The van der Waals surface area contributed by atoms with Crippen molar-refractivity contribution < 1.29 is 9.90 Å². The van der Waals surface area contributed by atoms with Crippen molar-refractivity contribution in [1.29, 1.82) is 0 Å². The number of thiophene rings is 1. The van der Waals surface area contributed by atoms with E-state index in [-0.39, 0.29) is 18.1 Å². The summed E-state index contributed by atoms with van der Waals surface area (Å²) in [7, 11) is 0. The first-order chi connectivity index (χ1) is 9.54. The van der Waals surface area contributed by atoms with Gasteiger partial charge in [0, 0.05) is 16.2 Å². The van der Waals surface area contributed by atoms with E-state index >= 15 is 0 Å². The fraction of sp³-hybridized carbons (Fsp3) is 0.688. The van der Waals surface area contributed by atoms with Crippen molar-refractivity contribution in [2.24, 2.45) is 0 Å². The maximum Gasteiger partial charge on any atom is 0.220 e. The van der Waals surface area contributed by atoms with Gasteiger partial charge >= 0.3 is 0 Å². The third-order valence-corrected chi connectivity index (χ3v) is 5.27. The standard InChI is InChI=1S/C16H25NO2S/c1-12-10-14(13(2)20-12)6-5-7-15(19)17-16(11-18)8-3-4-9-16/h10,18H,3-9,11H2,1-2H3,(H,17,19). The molecule has 1 fully saturated rings. The minimum absolute atomic E-state index is 0.0710. The molecule has 0 radical (unpaired) electrons. The summed E-state index contributed by atoms with van der Waals surface area (Å²) in [6.45, 7) is 4.34. The van der Waals surface area contributed by atoms with Crippen molar-refractivity contribution in [3.8, 4) is 0 Å². The normalized spacial score (nSPS) is 17.4. The molecule has 112 valence electrons. The second-order valence-corrected chi connectivity index (χ2v) is 7.45. The molecule has 3 nitrogen and oxygen atoms in total. The van der Waals surface area contributed by atoms with Gasteiger partial charge in [0.05, 0.1) is 12.1 Å².